The molecule has 0 N–H and O–H groups in total. The van der Waals surface area contributed by atoms with E-state index in [1.165, 1.54) is 7.11 Å². The number of benzene rings is 1. The van der Waals surface area contributed by atoms with E-state index in [-0.39, 0.29) is 5.97 Å². The number of esters is 1. The zero-order valence-corrected chi connectivity index (χ0v) is 11.8. The van der Waals surface area contributed by atoms with Crippen LogP contribution in [-0.4, -0.2) is 13.1 Å². The first kappa shape index (κ1) is 12.3. The average molecular weight is 389 g/mol. The fourth-order valence-corrected chi connectivity index (χ4v) is 2.74. The highest BCUT2D eigenvalue weighted by molar-refractivity contribution is 14.1. The van der Waals surface area contributed by atoms with Crippen LogP contribution < -0.4 is 0 Å². The summed E-state index contributed by atoms with van der Waals surface area (Å²) in [6, 6.07) is 3.56. The van der Waals surface area contributed by atoms with E-state index in [1.807, 2.05) is 0 Å². The Morgan fingerprint density at radius 2 is 2.29 bits per heavy atom. The Balaban J connectivity index is 3.37. The van der Waals surface area contributed by atoms with Crippen LogP contribution in [0.15, 0.2) is 12.1 Å². The fourth-order valence-electron chi connectivity index (χ4n) is 1.05. The van der Waals surface area contributed by atoms with Gasteiger partial charge in [-0.05, 0) is 40.3 Å². The van der Waals surface area contributed by atoms with Gasteiger partial charge in [-0.2, -0.15) is 0 Å². The zero-order valence-electron chi connectivity index (χ0n) is 7.31. The molecule has 0 fully saturated rings. The third-order valence-corrected chi connectivity index (χ3v) is 3.54. The number of hydrogen-bond donors (Lipinski definition) is 0. The molecule has 0 radical (unpaired) electrons. The molecule has 0 aliphatic rings. The summed E-state index contributed by atoms with van der Waals surface area (Å²) in [7, 11) is 1.36. The number of carbonyl (C=O) groups is 1. The molecule has 5 heteroatoms. The smallest absolute Gasteiger partial charge is 0.339 e. The minimum atomic E-state index is -0.355. The predicted octanol–water partition coefficient (Wildman–Crippen LogP) is 3.63. The third kappa shape index (κ3) is 2.41. The summed E-state index contributed by atoms with van der Waals surface area (Å²) in [5.74, 6) is -0.355. The van der Waals surface area contributed by atoms with Crippen molar-refractivity contribution in [2.45, 2.75) is 5.33 Å². The Morgan fingerprint density at radius 1 is 1.64 bits per heavy atom. The number of alkyl halides is 1. The molecular formula is C9H7BrClIO2. The molecule has 0 heterocycles. The normalized spacial score (nSPS) is 10.0. The maximum absolute atomic E-state index is 11.5. The minimum Gasteiger partial charge on any atom is -0.465 e. The van der Waals surface area contributed by atoms with Crippen molar-refractivity contribution < 1.29 is 9.53 Å². The van der Waals surface area contributed by atoms with Gasteiger partial charge in [-0.3, -0.25) is 0 Å². The van der Waals surface area contributed by atoms with Crippen molar-refractivity contribution in [2.75, 3.05) is 7.11 Å². The Morgan fingerprint density at radius 3 is 2.79 bits per heavy atom. The topological polar surface area (TPSA) is 26.3 Å². The molecule has 0 bridgehead atoms. The molecule has 0 saturated heterocycles. The van der Waals surface area contributed by atoms with Crippen LogP contribution in [0.1, 0.15) is 15.9 Å². The van der Waals surface area contributed by atoms with Crippen molar-refractivity contribution in [3.63, 3.8) is 0 Å². The molecule has 0 aliphatic heterocycles. The minimum absolute atomic E-state index is 0.355. The van der Waals surface area contributed by atoms with Crippen molar-refractivity contribution in [3.05, 3.63) is 31.9 Å². The first-order chi connectivity index (χ1) is 6.61. The monoisotopic (exact) mass is 388 g/mol. The van der Waals surface area contributed by atoms with Gasteiger partial charge in [0.1, 0.15) is 0 Å². The second-order valence-corrected chi connectivity index (χ2v) is 4.64. The molecule has 2 nitrogen and oxygen atoms in total. The van der Waals surface area contributed by atoms with Crippen LogP contribution in [0.4, 0.5) is 0 Å². The molecule has 76 valence electrons. The van der Waals surface area contributed by atoms with E-state index in [4.69, 9.17) is 16.3 Å². The molecule has 0 unspecified atom stereocenters. The summed E-state index contributed by atoms with van der Waals surface area (Å²) in [5, 5.41) is 1.11. The van der Waals surface area contributed by atoms with E-state index in [2.05, 4.69) is 38.5 Å². The van der Waals surface area contributed by atoms with Gasteiger partial charge in [-0.25, -0.2) is 4.79 Å². The van der Waals surface area contributed by atoms with Crippen molar-refractivity contribution in [1.29, 1.82) is 0 Å². The second-order valence-electron chi connectivity index (χ2n) is 2.51. The summed E-state index contributed by atoms with van der Waals surface area (Å²) in [4.78, 5) is 11.5. The summed E-state index contributed by atoms with van der Waals surface area (Å²) < 4.78 is 5.53. The quantitative estimate of drug-likeness (QED) is 0.439. The highest BCUT2D eigenvalue weighted by atomic mass is 127. The van der Waals surface area contributed by atoms with Crippen LogP contribution in [0.2, 0.25) is 5.02 Å². The van der Waals surface area contributed by atoms with Crippen LogP contribution >= 0.6 is 50.1 Å². The van der Waals surface area contributed by atoms with Gasteiger partial charge in [-0.15, -0.1) is 0 Å². The van der Waals surface area contributed by atoms with Crippen molar-refractivity contribution in [1.82, 2.24) is 0 Å². The third-order valence-electron chi connectivity index (χ3n) is 1.73. The number of methoxy groups -OCH3 is 1. The lowest BCUT2D eigenvalue weighted by Crippen LogP contribution is -2.07. The summed E-state index contributed by atoms with van der Waals surface area (Å²) in [6.45, 7) is 0. The lowest BCUT2D eigenvalue weighted by molar-refractivity contribution is 0.0598. The molecule has 1 rings (SSSR count). The summed E-state index contributed by atoms with van der Waals surface area (Å²) in [6.07, 6.45) is 0. The first-order valence-corrected chi connectivity index (χ1v) is 6.30. The van der Waals surface area contributed by atoms with Crippen LogP contribution in [0, 0.1) is 3.57 Å². The van der Waals surface area contributed by atoms with Crippen LogP contribution in [0.25, 0.3) is 0 Å². The summed E-state index contributed by atoms with van der Waals surface area (Å²) in [5.41, 5.74) is 1.31. The maximum Gasteiger partial charge on any atom is 0.339 e. The Kier molecular flexibility index (Phi) is 4.66. The molecule has 0 saturated carbocycles. The molecule has 1 aromatic rings. The molecule has 1 aromatic carbocycles. The van der Waals surface area contributed by atoms with Crippen molar-refractivity contribution >= 4 is 56.1 Å². The van der Waals surface area contributed by atoms with Gasteiger partial charge in [0.05, 0.1) is 12.7 Å². The number of ether oxygens (including phenoxy) is 1. The van der Waals surface area contributed by atoms with Gasteiger partial charge in [0, 0.05) is 13.9 Å². The van der Waals surface area contributed by atoms with Crippen LogP contribution in [0.5, 0.6) is 0 Å². The number of carbonyl (C=O) groups excluding carboxylic acids is 1. The highest BCUT2D eigenvalue weighted by Crippen LogP contribution is 2.27. The molecule has 0 aliphatic carbocycles. The predicted molar refractivity (Wildman–Crippen MR) is 68.1 cm³/mol. The van der Waals surface area contributed by atoms with E-state index >= 15 is 0 Å². The first-order valence-electron chi connectivity index (χ1n) is 3.73. The van der Waals surface area contributed by atoms with Gasteiger partial charge in [0.15, 0.2) is 0 Å². The molecule has 0 aromatic heterocycles. The van der Waals surface area contributed by atoms with Crippen molar-refractivity contribution in [3.8, 4) is 0 Å². The van der Waals surface area contributed by atoms with Gasteiger partial charge >= 0.3 is 5.97 Å². The zero-order chi connectivity index (χ0) is 10.7. The summed E-state index contributed by atoms with van der Waals surface area (Å²) >= 11 is 11.3. The SMILES string of the molecule is COC(=O)c1c(I)ccc(Cl)c1CBr. The van der Waals surface area contributed by atoms with E-state index in [1.54, 1.807) is 12.1 Å². The van der Waals surface area contributed by atoms with E-state index in [0.29, 0.717) is 15.9 Å². The standard InChI is InChI=1S/C9H7BrClIO2/c1-14-9(13)8-5(4-10)6(11)2-3-7(8)12/h2-3H,4H2,1H3. The molecule has 0 amide bonds. The number of hydrogen-bond acceptors (Lipinski definition) is 2. The number of halogens is 3. The average Bonchev–Trinajstić information content (AvgIpc) is 2.19. The molecule has 0 atom stereocenters. The second kappa shape index (κ2) is 5.32. The lowest BCUT2D eigenvalue weighted by atomic mass is 10.1. The van der Waals surface area contributed by atoms with Crippen LogP contribution in [-0.2, 0) is 10.1 Å². The highest BCUT2D eigenvalue weighted by Gasteiger charge is 2.17. The largest absolute Gasteiger partial charge is 0.465 e. The molecule has 14 heavy (non-hydrogen) atoms. The molecular weight excluding hydrogens is 382 g/mol. The fraction of sp³-hybridized carbons (Fsp3) is 0.222. The Labute approximate surface area is 109 Å². The number of rotatable bonds is 2. The molecule has 0 spiro atoms. The maximum atomic E-state index is 11.5. The Hall–Kier alpha value is 0.190. The Bertz CT molecular complexity index is 368. The van der Waals surface area contributed by atoms with Gasteiger partial charge < -0.3 is 4.74 Å². The van der Waals surface area contributed by atoms with Gasteiger partial charge in [-0.1, -0.05) is 27.5 Å². The van der Waals surface area contributed by atoms with Gasteiger partial charge in [0.2, 0.25) is 0 Å². The van der Waals surface area contributed by atoms with E-state index in [0.717, 1.165) is 9.13 Å². The van der Waals surface area contributed by atoms with Crippen molar-refractivity contribution in [2.24, 2.45) is 0 Å². The van der Waals surface area contributed by atoms with Crippen LogP contribution in [0.3, 0.4) is 0 Å². The lowest BCUT2D eigenvalue weighted by Gasteiger charge is -2.09. The van der Waals surface area contributed by atoms with E-state index < -0.39 is 0 Å². The van der Waals surface area contributed by atoms with Gasteiger partial charge in [0.25, 0.3) is 0 Å². The van der Waals surface area contributed by atoms with E-state index in [9.17, 15) is 4.79 Å².